The molecule has 46 valence electrons. The maximum atomic E-state index is 9.30. The van der Waals surface area contributed by atoms with Crippen LogP contribution in [0.5, 0.6) is 0 Å². The Morgan fingerprint density at radius 3 is 2.00 bits per heavy atom. The van der Waals surface area contributed by atoms with Crippen LogP contribution in [-0.2, 0) is 15.1 Å². The summed E-state index contributed by atoms with van der Waals surface area (Å²) in [5.74, 6) is 0. The summed E-state index contributed by atoms with van der Waals surface area (Å²) >= 11 is -2.72. The molecule has 0 aromatic carbocycles. The van der Waals surface area contributed by atoms with Crippen molar-refractivity contribution in [2.24, 2.45) is 0 Å². The molecule has 0 saturated carbocycles. The molecule has 1 unspecified atom stereocenters. The summed E-state index contributed by atoms with van der Waals surface area (Å²) in [5, 5.41) is 0. The van der Waals surface area contributed by atoms with Crippen LogP contribution in [0, 0.1) is 10.8 Å². The first-order valence-electron chi connectivity index (χ1n) is 0.979. The monoisotopic (exact) mass is 172 g/mol. The van der Waals surface area contributed by atoms with Gasteiger partial charge in [-0.15, -0.1) is 0 Å². The molecule has 5 nitrogen and oxygen atoms in total. The molecular formula is H2ClNaO5S. The van der Waals surface area contributed by atoms with E-state index in [0.29, 0.717) is 0 Å². The summed E-state index contributed by atoms with van der Waals surface area (Å²) in [7, 11) is -2.60. The maximum absolute atomic E-state index is 9.30. The van der Waals surface area contributed by atoms with Crippen LogP contribution in [0.1, 0.15) is 0 Å². The summed E-state index contributed by atoms with van der Waals surface area (Å²) in [6.07, 6.45) is 0. The molecule has 0 spiro atoms. The molecule has 0 radical (unpaired) electrons. The summed E-state index contributed by atoms with van der Waals surface area (Å²) < 4.78 is 38.4. The van der Waals surface area contributed by atoms with Crippen LogP contribution in [0.15, 0.2) is 0 Å². The van der Waals surface area contributed by atoms with Crippen molar-refractivity contribution in [3.8, 4) is 0 Å². The first-order valence-corrected chi connectivity index (χ1v) is 2.94. The molecule has 0 aliphatic carbocycles. The van der Waals surface area contributed by atoms with E-state index in [0.717, 1.165) is 0 Å². The van der Waals surface area contributed by atoms with Gasteiger partial charge in [0.25, 0.3) is 0 Å². The average molecular weight is 173 g/mol. The van der Waals surface area contributed by atoms with E-state index < -0.39 is 22.1 Å². The summed E-state index contributed by atoms with van der Waals surface area (Å²) in [4.78, 5) is 0. The Morgan fingerprint density at radius 1 is 1.62 bits per heavy atom. The fourth-order valence-electron chi connectivity index (χ4n) is 0.0440. The molecule has 1 atom stereocenters. The van der Waals surface area contributed by atoms with Gasteiger partial charge in [-0.2, -0.15) is 4.21 Å². The number of hydrogen-bond acceptors (Lipinski definition) is 4. The molecule has 1 N–H and O–H groups in total. The molecule has 0 rings (SSSR count). The Bertz CT molecular complexity index is 72.8. The van der Waals surface area contributed by atoms with Crippen LogP contribution in [0.2, 0.25) is 0 Å². The number of halogens is 1. The summed E-state index contributed by atoms with van der Waals surface area (Å²) in [6.45, 7) is 0. The SMILES string of the molecule is O=S(O)O[Cl+2]([O-])[O-].[NaH]. The van der Waals surface area contributed by atoms with Crippen molar-refractivity contribution in [3.05, 3.63) is 0 Å². The van der Waals surface area contributed by atoms with Crippen LogP contribution in [0.3, 0.4) is 0 Å². The first kappa shape index (κ1) is 12.0. The van der Waals surface area contributed by atoms with Gasteiger partial charge in [-0.1, -0.05) is 0 Å². The fourth-order valence-corrected chi connectivity index (χ4v) is 0.396. The van der Waals surface area contributed by atoms with Crippen molar-refractivity contribution in [3.63, 3.8) is 0 Å². The van der Waals surface area contributed by atoms with Gasteiger partial charge in [0.05, 0.1) is 0 Å². The Kier molecular flexibility index (Phi) is 9.60. The molecule has 0 bridgehead atoms. The second kappa shape index (κ2) is 6.40. The van der Waals surface area contributed by atoms with Gasteiger partial charge in [0, 0.05) is 0 Å². The van der Waals surface area contributed by atoms with E-state index in [9.17, 15) is 13.5 Å². The third kappa shape index (κ3) is 10.3. The third-order valence-corrected chi connectivity index (χ3v) is 0.948. The van der Waals surface area contributed by atoms with E-state index in [1.54, 1.807) is 0 Å². The zero-order valence-electron chi connectivity index (χ0n) is 2.87. The van der Waals surface area contributed by atoms with Gasteiger partial charge in [0.2, 0.25) is 0 Å². The van der Waals surface area contributed by atoms with E-state index >= 15 is 0 Å². The van der Waals surface area contributed by atoms with Crippen molar-refractivity contribution in [2.75, 3.05) is 0 Å². The number of rotatable bonds is 2. The molecular weight excluding hydrogens is 171 g/mol. The average Bonchev–Trinajstić information content (AvgIpc) is 1.27. The van der Waals surface area contributed by atoms with E-state index in [1.165, 1.54) is 0 Å². The second-order valence-corrected chi connectivity index (χ2v) is 1.79. The predicted molar refractivity (Wildman–Crippen MR) is 19.0 cm³/mol. The molecule has 8 heteroatoms. The molecule has 0 aromatic heterocycles. The normalized spacial score (nSPS) is 13.0. The van der Waals surface area contributed by atoms with Crippen LogP contribution >= 0.6 is 0 Å². The van der Waals surface area contributed by atoms with Crippen LogP contribution in [-0.4, -0.2) is 38.3 Å². The van der Waals surface area contributed by atoms with Crippen molar-refractivity contribution < 1.29 is 32.6 Å². The van der Waals surface area contributed by atoms with Gasteiger partial charge >= 0.3 is 51.7 Å². The van der Waals surface area contributed by atoms with Crippen molar-refractivity contribution in [1.82, 2.24) is 0 Å². The molecule has 0 saturated heterocycles. The van der Waals surface area contributed by atoms with Gasteiger partial charge in [-0.05, 0) is 0 Å². The molecule has 0 heterocycles. The van der Waals surface area contributed by atoms with Crippen LogP contribution < -0.4 is 9.32 Å². The van der Waals surface area contributed by atoms with Gasteiger partial charge in [0.1, 0.15) is 3.74 Å². The fraction of sp³-hybridized carbons (Fsp3) is 0. The van der Waals surface area contributed by atoms with E-state index in [1.807, 2.05) is 0 Å². The molecule has 0 amide bonds. The predicted octanol–water partition coefficient (Wildman–Crippen LogP) is -3.42. The summed E-state index contributed by atoms with van der Waals surface area (Å²) in [5.41, 5.74) is 0. The summed E-state index contributed by atoms with van der Waals surface area (Å²) in [6, 6.07) is 0. The standard InChI is InChI=1S/ClHO5S.Na.H/c2-1(3)6-7(4)5;;/h(H,4,5);;. The zero-order valence-corrected chi connectivity index (χ0v) is 4.44. The van der Waals surface area contributed by atoms with E-state index in [2.05, 4.69) is 3.74 Å². The van der Waals surface area contributed by atoms with E-state index in [4.69, 9.17) is 4.55 Å². The van der Waals surface area contributed by atoms with Crippen LogP contribution in [0.25, 0.3) is 0 Å². The van der Waals surface area contributed by atoms with Gasteiger partial charge in [-0.3, -0.25) is 4.55 Å². The first-order chi connectivity index (χ1) is 3.13. The van der Waals surface area contributed by atoms with Gasteiger partial charge in [-0.25, -0.2) is 0 Å². The molecule has 0 aliphatic rings. The molecule has 0 fully saturated rings. The van der Waals surface area contributed by atoms with Crippen molar-refractivity contribution in [1.29, 1.82) is 0 Å². The molecule has 0 aromatic rings. The Morgan fingerprint density at radius 2 is 2.00 bits per heavy atom. The van der Waals surface area contributed by atoms with Gasteiger partial charge < -0.3 is 9.32 Å². The number of hydrogen-bond donors (Lipinski definition) is 1. The molecule has 8 heavy (non-hydrogen) atoms. The van der Waals surface area contributed by atoms with E-state index in [-0.39, 0.29) is 29.6 Å². The molecule has 0 aliphatic heterocycles. The Labute approximate surface area is 73.2 Å². The quantitative estimate of drug-likeness (QED) is 0.346. The minimum absolute atomic E-state index is 0. The van der Waals surface area contributed by atoms with Crippen molar-refractivity contribution in [2.45, 2.75) is 0 Å². The minimum atomic E-state index is -2.72. The third-order valence-electron chi connectivity index (χ3n) is 0.105. The van der Waals surface area contributed by atoms with Crippen LogP contribution in [0.4, 0.5) is 0 Å². The zero-order chi connectivity index (χ0) is 5.86. The topological polar surface area (TPSA) is 92.7 Å². The van der Waals surface area contributed by atoms with Crippen molar-refractivity contribution >= 4 is 40.9 Å². The van der Waals surface area contributed by atoms with Gasteiger partial charge in [0.15, 0.2) is 0 Å². The Balaban J connectivity index is 0. The Hall–Kier alpha value is 1.28. The second-order valence-electron chi connectivity index (χ2n) is 0.469.